The lowest BCUT2D eigenvalue weighted by Gasteiger charge is -2.09. The fourth-order valence-corrected chi connectivity index (χ4v) is 11.9. The van der Waals surface area contributed by atoms with E-state index in [9.17, 15) is 0 Å². The first-order chi connectivity index (χ1) is 19.8. The Kier molecular flexibility index (Phi) is 12.4. The second-order valence-electron chi connectivity index (χ2n) is 10.5. The summed E-state index contributed by atoms with van der Waals surface area (Å²) in [6.07, 6.45) is 16.4. The standard InChI is InChI=1S/C34H42S6/c1-3-5-7-9-11-13-21-35-29-17-15-27(39-29)31-25-19-23-38-34(25)32(26-20-24-37-33(26)31)28-16-18-30(40-28)36-22-14-12-10-8-6-4-2/h15-20,23-24H,3-14,21-22H2,1-2H3. The van der Waals surface area contributed by atoms with Crippen LogP contribution in [-0.4, -0.2) is 11.5 Å². The number of benzene rings is 1. The first-order valence-electron chi connectivity index (χ1n) is 15.2. The second-order valence-corrected chi connectivity index (χ2v) is 17.3. The minimum atomic E-state index is 1.24. The van der Waals surface area contributed by atoms with Gasteiger partial charge in [0, 0.05) is 41.1 Å². The third-order valence-corrected chi connectivity index (χ3v) is 14.2. The third-order valence-electron chi connectivity index (χ3n) is 7.46. The molecule has 4 heterocycles. The summed E-state index contributed by atoms with van der Waals surface area (Å²) in [7, 11) is 0. The molecule has 0 radical (unpaired) electrons. The third kappa shape index (κ3) is 7.79. The monoisotopic (exact) mass is 642 g/mol. The van der Waals surface area contributed by atoms with Crippen LogP contribution in [0.2, 0.25) is 0 Å². The van der Waals surface area contributed by atoms with Crippen molar-refractivity contribution in [1.29, 1.82) is 0 Å². The van der Waals surface area contributed by atoms with Crippen LogP contribution in [-0.2, 0) is 0 Å². The van der Waals surface area contributed by atoms with Crippen molar-refractivity contribution in [3.63, 3.8) is 0 Å². The molecule has 214 valence electrons. The van der Waals surface area contributed by atoms with E-state index in [0.717, 1.165) is 0 Å². The molecule has 0 aliphatic carbocycles. The van der Waals surface area contributed by atoms with Crippen molar-refractivity contribution in [1.82, 2.24) is 0 Å². The van der Waals surface area contributed by atoms with Gasteiger partial charge in [-0.2, -0.15) is 0 Å². The Morgan fingerprint density at radius 3 is 1.38 bits per heavy atom. The molecule has 0 saturated carbocycles. The zero-order valence-electron chi connectivity index (χ0n) is 24.0. The molecule has 0 N–H and O–H groups in total. The van der Waals surface area contributed by atoms with Gasteiger partial charge in [-0.3, -0.25) is 0 Å². The molecule has 0 aliphatic heterocycles. The lowest BCUT2D eigenvalue weighted by molar-refractivity contribution is 0.627. The predicted octanol–water partition coefficient (Wildman–Crippen LogP) is 14.5. The normalized spacial score (nSPS) is 11.8. The molecule has 6 heteroatoms. The SMILES string of the molecule is CCCCCCCCSc1ccc(-c2c3ccsc3c(-c3ccc(SCCCCCCCC)s3)c3ccsc23)s1. The van der Waals surface area contributed by atoms with Gasteiger partial charge in [0.25, 0.3) is 0 Å². The minimum absolute atomic E-state index is 1.24. The lowest BCUT2D eigenvalue weighted by atomic mass is 10.0. The molecule has 0 atom stereocenters. The van der Waals surface area contributed by atoms with Crippen molar-refractivity contribution in [3.8, 4) is 20.9 Å². The van der Waals surface area contributed by atoms with E-state index in [0.29, 0.717) is 0 Å². The maximum Gasteiger partial charge on any atom is 0.0605 e. The van der Waals surface area contributed by atoms with E-state index >= 15 is 0 Å². The van der Waals surface area contributed by atoms with Crippen LogP contribution in [0.3, 0.4) is 0 Å². The van der Waals surface area contributed by atoms with Crippen molar-refractivity contribution in [2.24, 2.45) is 0 Å². The molecule has 0 amide bonds. The summed E-state index contributed by atoms with van der Waals surface area (Å²) in [6.45, 7) is 4.59. The van der Waals surface area contributed by atoms with Gasteiger partial charge >= 0.3 is 0 Å². The van der Waals surface area contributed by atoms with E-state index in [1.807, 2.05) is 45.3 Å². The van der Waals surface area contributed by atoms with Crippen molar-refractivity contribution < 1.29 is 0 Å². The highest BCUT2D eigenvalue weighted by Gasteiger charge is 2.20. The average Bonchev–Trinajstić information content (AvgIpc) is 3.78. The topological polar surface area (TPSA) is 0 Å². The Bertz CT molecular complexity index is 1290. The van der Waals surface area contributed by atoms with Gasteiger partial charge in [0.1, 0.15) is 0 Å². The summed E-state index contributed by atoms with van der Waals surface area (Å²) in [6, 6.07) is 14.2. The highest BCUT2D eigenvalue weighted by Crippen LogP contribution is 2.51. The van der Waals surface area contributed by atoms with Gasteiger partial charge in [-0.1, -0.05) is 78.1 Å². The van der Waals surface area contributed by atoms with Crippen LogP contribution < -0.4 is 0 Å². The van der Waals surface area contributed by atoms with Gasteiger partial charge in [-0.25, -0.2) is 0 Å². The van der Waals surface area contributed by atoms with Gasteiger partial charge in [0.05, 0.1) is 8.42 Å². The first kappa shape index (κ1) is 30.7. The van der Waals surface area contributed by atoms with Gasteiger partial charge in [-0.15, -0.1) is 68.9 Å². The lowest BCUT2D eigenvalue weighted by Crippen LogP contribution is -1.82. The molecule has 5 aromatic rings. The van der Waals surface area contributed by atoms with Crippen molar-refractivity contribution in [2.75, 3.05) is 11.5 Å². The Labute approximate surface area is 266 Å². The number of hydrogen-bond donors (Lipinski definition) is 0. The van der Waals surface area contributed by atoms with Crippen molar-refractivity contribution in [2.45, 2.75) is 99.3 Å². The minimum Gasteiger partial charge on any atom is -0.143 e. The van der Waals surface area contributed by atoms with Gasteiger partial charge in [0.15, 0.2) is 0 Å². The number of rotatable bonds is 18. The van der Waals surface area contributed by atoms with Crippen LogP contribution in [0.1, 0.15) is 90.9 Å². The van der Waals surface area contributed by atoms with Crippen LogP contribution in [0.25, 0.3) is 41.1 Å². The molecule has 0 fully saturated rings. The molecular weight excluding hydrogens is 601 g/mol. The molecule has 40 heavy (non-hydrogen) atoms. The summed E-state index contributed by atoms with van der Waals surface area (Å²) in [4.78, 5) is 2.85. The molecule has 0 unspecified atom stereocenters. The van der Waals surface area contributed by atoms with Crippen LogP contribution >= 0.6 is 68.9 Å². The summed E-state index contributed by atoms with van der Waals surface area (Å²) >= 11 is 11.9. The molecule has 1 aromatic carbocycles. The van der Waals surface area contributed by atoms with E-state index in [4.69, 9.17) is 0 Å². The summed E-state index contributed by atoms with van der Waals surface area (Å²) in [5, 5.41) is 7.45. The quantitative estimate of drug-likeness (QED) is 0.0689. The number of hydrogen-bond acceptors (Lipinski definition) is 6. The molecule has 5 rings (SSSR count). The maximum absolute atomic E-state index is 2.38. The molecule has 0 nitrogen and oxygen atoms in total. The van der Waals surface area contributed by atoms with Gasteiger partial charge < -0.3 is 0 Å². The van der Waals surface area contributed by atoms with Crippen molar-refractivity contribution in [3.05, 3.63) is 47.2 Å². The summed E-state index contributed by atoms with van der Waals surface area (Å²) < 4.78 is 5.83. The fourth-order valence-electron chi connectivity index (χ4n) is 5.31. The van der Waals surface area contributed by atoms with Crippen molar-refractivity contribution >= 4 is 89.0 Å². The van der Waals surface area contributed by atoms with E-state index < -0.39 is 0 Å². The Hall–Kier alpha value is -0.760. The Morgan fingerprint density at radius 2 is 0.925 bits per heavy atom. The molecular formula is C34H42S6. The number of thioether (sulfide) groups is 2. The largest absolute Gasteiger partial charge is 0.143 e. The highest BCUT2D eigenvalue weighted by molar-refractivity contribution is 8.01. The van der Waals surface area contributed by atoms with Crippen LogP contribution in [0, 0.1) is 0 Å². The van der Waals surface area contributed by atoms with Crippen LogP contribution in [0.5, 0.6) is 0 Å². The molecule has 0 saturated heterocycles. The second kappa shape index (κ2) is 16.2. The summed E-state index contributed by atoms with van der Waals surface area (Å²) in [5.41, 5.74) is 2.91. The van der Waals surface area contributed by atoms with E-state index in [1.54, 1.807) is 0 Å². The maximum atomic E-state index is 2.38. The number of thiophene rings is 4. The predicted molar refractivity (Wildman–Crippen MR) is 192 cm³/mol. The zero-order valence-corrected chi connectivity index (χ0v) is 28.9. The van der Waals surface area contributed by atoms with Gasteiger partial charge in [-0.05, 0) is 71.5 Å². The first-order valence-corrected chi connectivity index (χ1v) is 20.5. The molecule has 0 spiro atoms. The average molecular weight is 643 g/mol. The zero-order chi connectivity index (χ0) is 27.6. The van der Waals surface area contributed by atoms with E-state index in [-0.39, 0.29) is 0 Å². The molecule has 0 aliphatic rings. The van der Waals surface area contributed by atoms with E-state index in [1.165, 1.54) is 138 Å². The van der Waals surface area contributed by atoms with Crippen LogP contribution in [0.4, 0.5) is 0 Å². The summed E-state index contributed by atoms with van der Waals surface area (Å²) in [5.74, 6) is 2.48. The Morgan fingerprint density at radius 1 is 0.500 bits per heavy atom. The highest BCUT2D eigenvalue weighted by atomic mass is 32.2. The number of unbranched alkanes of at least 4 members (excludes halogenated alkanes) is 10. The Balaban J connectivity index is 1.30. The molecule has 4 aromatic heterocycles. The van der Waals surface area contributed by atoms with E-state index in [2.05, 4.69) is 84.5 Å². The smallest absolute Gasteiger partial charge is 0.0605 e. The number of fused-ring (bicyclic) bond motifs is 2. The molecule has 0 bridgehead atoms. The fraction of sp³-hybridized carbons (Fsp3) is 0.471. The van der Waals surface area contributed by atoms with Gasteiger partial charge in [0.2, 0.25) is 0 Å². The van der Waals surface area contributed by atoms with Crippen LogP contribution in [0.15, 0.2) is 55.6 Å².